The molecule has 0 unspecified atom stereocenters. The van der Waals surface area contributed by atoms with Crippen LogP contribution in [0.4, 0.5) is 0 Å². The van der Waals surface area contributed by atoms with Gasteiger partial charge in [0.2, 0.25) is 0 Å². The van der Waals surface area contributed by atoms with Gasteiger partial charge in [-0.05, 0) is 23.9 Å². The fourth-order valence-electron chi connectivity index (χ4n) is 0.992. The standard InChI is InChI=1S/C7H6N2O3S/c1-4-2-3-13-5(4)9-6(10)8-7(11)12-9/h2-3H,1H3,(H,8,10,11). The van der Waals surface area contributed by atoms with Gasteiger partial charge in [0.25, 0.3) is 0 Å². The Balaban J connectivity index is 2.72. The third-order valence-corrected chi connectivity index (χ3v) is 2.57. The van der Waals surface area contributed by atoms with E-state index >= 15 is 0 Å². The van der Waals surface area contributed by atoms with Crippen molar-refractivity contribution in [2.45, 2.75) is 6.92 Å². The van der Waals surface area contributed by atoms with E-state index in [0.29, 0.717) is 5.00 Å². The van der Waals surface area contributed by atoms with E-state index in [1.165, 1.54) is 11.3 Å². The second kappa shape index (κ2) is 2.74. The number of aryl methyl sites for hydroxylation is 1. The molecule has 1 N–H and O–H groups in total. The van der Waals surface area contributed by atoms with Crippen LogP contribution in [0, 0.1) is 6.92 Å². The Morgan fingerprint density at radius 3 is 2.77 bits per heavy atom. The van der Waals surface area contributed by atoms with Gasteiger partial charge >= 0.3 is 11.4 Å². The van der Waals surface area contributed by atoms with E-state index in [2.05, 4.69) is 4.52 Å². The average molecular weight is 198 g/mol. The Labute approximate surface area is 76.2 Å². The van der Waals surface area contributed by atoms with Gasteiger partial charge in [-0.15, -0.1) is 16.1 Å². The van der Waals surface area contributed by atoms with Crippen molar-refractivity contribution >= 4 is 11.3 Å². The molecule has 2 aromatic heterocycles. The van der Waals surface area contributed by atoms with E-state index in [9.17, 15) is 9.59 Å². The average Bonchev–Trinajstić information content (AvgIpc) is 2.58. The summed E-state index contributed by atoms with van der Waals surface area (Å²) in [6.45, 7) is 1.84. The smallest absolute Gasteiger partial charge is 0.311 e. The molecule has 13 heavy (non-hydrogen) atoms. The van der Waals surface area contributed by atoms with Gasteiger partial charge in [-0.25, -0.2) is 14.6 Å². The largest absolute Gasteiger partial charge is 0.440 e. The predicted octanol–water partition coefficient (Wildman–Crippen LogP) is 0.489. The second-order valence-electron chi connectivity index (χ2n) is 2.51. The molecule has 0 saturated heterocycles. The molecule has 0 spiro atoms. The lowest BCUT2D eigenvalue weighted by Crippen LogP contribution is -2.14. The molecule has 0 aliphatic heterocycles. The SMILES string of the molecule is Cc1ccsc1-n1oc(=O)[nH]c1=O. The van der Waals surface area contributed by atoms with Crippen LogP contribution in [0.15, 0.2) is 25.6 Å². The quantitative estimate of drug-likeness (QED) is 0.725. The summed E-state index contributed by atoms with van der Waals surface area (Å²) in [6.07, 6.45) is 0. The number of nitrogens with zero attached hydrogens (tertiary/aromatic N) is 1. The van der Waals surface area contributed by atoms with Crippen LogP contribution in [0.1, 0.15) is 5.56 Å². The van der Waals surface area contributed by atoms with Gasteiger partial charge in [0.15, 0.2) is 0 Å². The molecule has 2 aromatic rings. The van der Waals surface area contributed by atoms with Gasteiger partial charge in [0.05, 0.1) is 0 Å². The number of hydrogen-bond acceptors (Lipinski definition) is 4. The Hall–Kier alpha value is -1.56. The first-order valence-electron chi connectivity index (χ1n) is 3.55. The number of nitrogens with one attached hydrogen (secondary N) is 1. The number of rotatable bonds is 1. The van der Waals surface area contributed by atoms with E-state index in [4.69, 9.17) is 0 Å². The van der Waals surface area contributed by atoms with Crippen LogP contribution in [0.25, 0.3) is 5.00 Å². The molecule has 2 heterocycles. The molecule has 0 atom stereocenters. The molecular formula is C7H6N2O3S. The topological polar surface area (TPSA) is 68.0 Å². The molecule has 0 amide bonds. The highest BCUT2D eigenvalue weighted by molar-refractivity contribution is 7.12. The van der Waals surface area contributed by atoms with Crippen LogP contribution in [0.2, 0.25) is 0 Å². The monoisotopic (exact) mass is 198 g/mol. The summed E-state index contributed by atoms with van der Waals surface area (Å²) in [5, 5.41) is 2.45. The van der Waals surface area contributed by atoms with Crippen molar-refractivity contribution in [3.8, 4) is 5.00 Å². The second-order valence-corrected chi connectivity index (χ2v) is 3.41. The van der Waals surface area contributed by atoms with Gasteiger partial charge in [-0.1, -0.05) is 0 Å². The maximum absolute atomic E-state index is 11.1. The number of hydrogen-bond donors (Lipinski definition) is 1. The Morgan fingerprint density at radius 1 is 1.54 bits per heavy atom. The van der Waals surface area contributed by atoms with Crippen molar-refractivity contribution < 1.29 is 4.52 Å². The third-order valence-electron chi connectivity index (χ3n) is 1.59. The maximum atomic E-state index is 11.1. The number of thiophene rings is 1. The zero-order valence-corrected chi connectivity index (χ0v) is 7.55. The summed E-state index contributed by atoms with van der Waals surface area (Å²) in [7, 11) is 0. The molecule has 68 valence electrons. The van der Waals surface area contributed by atoms with E-state index in [0.717, 1.165) is 10.3 Å². The van der Waals surface area contributed by atoms with Gasteiger partial charge in [-0.2, -0.15) is 0 Å². The first-order valence-corrected chi connectivity index (χ1v) is 4.43. The normalized spacial score (nSPS) is 10.5. The van der Waals surface area contributed by atoms with Gasteiger partial charge in [0, 0.05) is 0 Å². The van der Waals surface area contributed by atoms with Crippen LogP contribution in [0.5, 0.6) is 0 Å². The molecular weight excluding hydrogens is 192 g/mol. The number of aromatic amines is 1. The predicted molar refractivity (Wildman–Crippen MR) is 47.5 cm³/mol. The van der Waals surface area contributed by atoms with Crippen LogP contribution >= 0.6 is 11.3 Å². The molecule has 0 saturated carbocycles. The van der Waals surface area contributed by atoms with Crippen molar-refractivity contribution in [3.05, 3.63) is 38.0 Å². The van der Waals surface area contributed by atoms with E-state index in [-0.39, 0.29) is 0 Å². The zero-order valence-electron chi connectivity index (χ0n) is 6.73. The minimum atomic E-state index is -0.738. The van der Waals surface area contributed by atoms with Crippen LogP contribution in [0.3, 0.4) is 0 Å². The highest BCUT2D eigenvalue weighted by Gasteiger charge is 2.08. The van der Waals surface area contributed by atoms with Gasteiger partial charge < -0.3 is 4.52 Å². The van der Waals surface area contributed by atoms with Crippen molar-refractivity contribution in [1.29, 1.82) is 0 Å². The Bertz CT molecular complexity index is 530. The molecule has 0 radical (unpaired) electrons. The van der Waals surface area contributed by atoms with E-state index in [1.54, 1.807) is 0 Å². The van der Waals surface area contributed by atoms with Crippen LogP contribution in [-0.2, 0) is 0 Å². The molecule has 6 heteroatoms. The molecule has 0 aliphatic rings. The van der Waals surface area contributed by atoms with E-state index < -0.39 is 11.4 Å². The highest BCUT2D eigenvalue weighted by atomic mass is 32.1. The lowest BCUT2D eigenvalue weighted by Gasteiger charge is -1.93. The highest BCUT2D eigenvalue weighted by Crippen LogP contribution is 2.17. The lowest BCUT2D eigenvalue weighted by molar-refractivity contribution is 0.317. The Kier molecular flexibility index (Phi) is 1.70. The summed E-state index contributed by atoms with van der Waals surface area (Å²) in [4.78, 5) is 23.8. The van der Waals surface area contributed by atoms with Crippen molar-refractivity contribution in [2.24, 2.45) is 0 Å². The summed E-state index contributed by atoms with van der Waals surface area (Å²) < 4.78 is 5.60. The number of H-pyrrole nitrogens is 1. The Morgan fingerprint density at radius 2 is 2.31 bits per heavy atom. The fraction of sp³-hybridized carbons (Fsp3) is 0.143. The van der Waals surface area contributed by atoms with Crippen molar-refractivity contribution in [3.63, 3.8) is 0 Å². The summed E-state index contributed by atoms with van der Waals surface area (Å²) in [6, 6.07) is 1.85. The van der Waals surface area contributed by atoms with Crippen molar-refractivity contribution in [1.82, 2.24) is 9.72 Å². The van der Waals surface area contributed by atoms with Crippen molar-refractivity contribution in [2.75, 3.05) is 0 Å². The summed E-state index contributed by atoms with van der Waals surface area (Å²) in [5.41, 5.74) is 0.352. The fourth-order valence-corrected chi connectivity index (χ4v) is 1.86. The molecule has 0 bridgehead atoms. The molecule has 0 aliphatic carbocycles. The maximum Gasteiger partial charge on any atom is 0.440 e. The summed E-state index contributed by atoms with van der Waals surface area (Å²) in [5.74, 6) is -0.738. The zero-order chi connectivity index (χ0) is 9.42. The molecule has 5 nitrogen and oxygen atoms in total. The van der Waals surface area contributed by atoms with Gasteiger partial charge in [0.1, 0.15) is 5.00 Å². The minimum absolute atomic E-state index is 0.546. The molecule has 2 rings (SSSR count). The first kappa shape index (κ1) is 8.06. The number of aromatic nitrogens is 2. The minimum Gasteiger partial charge on any atom is -0.311 e. The van der Waals surface area contributed by atoms with Crippen LogP contribution < -0.4 is 11.4 Å². The lowest BCUT2D eigenvalue weighted by atomic mass is 10.4. The first-order chi connectivity index (χ1) is 6.18. The van der Waals surface area contributed by atoms with E-state index in [1.807, 2.05) is 23.4 Å². The summed E-state index contributed by atoms with van der Waals surface area (Å²) >= 11 is 1.34. The molecule has 0 fully saturated rings. The van der Waals surface area contributed by atoms with Gasteiger partial charge in [-0.3, -0.25) is 0 Å². The van der Waals surface area contributed by atoms with Crippen LogP contribution in [-0.4, -0.2) is 9.72 Å². The molecule has 0 aromatic carbocycles. The third kappa shape index (κ3) is 1.25.